The molecular formula is C13H20N4OS. The first-order valence-corrected chi connectivity index (χ1v) is 7.50. The smallest absolute Gasteiger partial charge is 0.315 e. The monoisotopic (exact) mass is 280 g/mol. The number of aromatic nitrogens is 2. The van der Waals surface area contributed by atoms with Crippen molar-refractivity contribution in [2.75, 3.05) is 11.9 Å². The van der Waals surface area contributed by atoms with Gasteiger partial charge >= 0.3 is 6.01 Å². The lowest BCUT2D eigenvalue weighted by Crippen LogP contribution is -2.19. The van der Waals surface area contributed by atoms with Crippen molar-refractivity contribution in [2.45, 2.75) is 39.3 Å². The van der Waals surface area contributed by atoms with Crippen LogP contribution in [-0.4, -0.2) is 16.7 Å². The molecule has 0 radical (unpaired) electrons. The standard InChI is InChI=1S/C13H20N4OS/c1-4-6-14-10(3)12-16-17-13(18-12)15-9(2)11-5-7-19-8-11/h5,7-10,14H,4,6H2,1-3H3,(H,15,17). The zero-order chi connectivity index (χ0) is 13.7. The van der Waals surface area contributed by atoms with Crippen molar-refractivity contribution in [1.29, 1.82) is 0 Å². The summed E-state index contributed by atoms with van der Waals surface area (Å²) in [6.45, 7) is 7.17. The summed E-state index contributed by atoms with van der Waals surface area (Å²) in [5.74, 6) is 0.619. The van der Waals surface area contributed by atoms with E-state index in [1.54, 1.807) is 11.3 Å². The van der Waals surface area contributed by atoms with E-state index in [9.17, 15) is 0 Å². The van der Waals surface area contributed by atoms with Gasteiger partial charge in [-0.3, -0.25) is 0 Å². The Hall–Kier alpha value is -1.40. The van der Waals surface area contributed by atoms with Gasteiger partial charge in [-0.05, 0) is 49.2 Å². The Morgan fingerprint density at radius 3 is 2.84 bits per heavy atom. The van der Waals surface area contributed by atoms with Crippen LogP contribution in [0, 0.1) is 0 Å². The maximum atomic E-state index is 5.62. The molecule has 0 aliphatic heterocycles. The molecule has 5 nitrogen and oxygen atoms in total. The zero-order valence-electron chi connectivity index (χ0n) is 11.5. The van der Waals surface area contributed by atoms with E-state index in [1.165, 1.54) is 5.56 Å². The fourth-order valence-corrected chi connectivity index (χ4v) is 2.46. The van der Waals surface area contributed by atoms with Gasteiger partial charge in [0.15, 0.2) is 0 Å². The molecule has 2 unspecified atom stereocenters. The van der Waals surface area contributed by atoms with Crippen LogP contribution in [-0.2, 0) is 0 Å². The van der Waals surface area contributed by atoms with Gasteiger partial charge in [-0.15, -0.1) is 5.10 Å². The van der Waals surface area contributed by atoms with Crippen molar-refractivity contribution in [2.24, 2.45) is 0 Å². The fraction of sp³-hybridized carbons (Fsp3) is 0.538. The molecular weight excluding hydrogens is 260 g/mol. The number of nitrogens with zero attached hydrogens (tertiary/aromatic N) is 2. The molecule has 0 aliphatic carbocycles. The molecule has 0 aromatic carbocycles. The van der Waals surface area contributed by atoms with E-state index in [4.69, 9.17) is 4.42 Å². The molecule has 0 bridgehead atoms. The van der Waals surface area contributed by atoms with E-state index in [1.807, 2.05) is 6.92 Å². The van der Waals surface area contributed by atoms with Crippen molar-refractivity contribution in [3.63, 3.8) is 0 Å². The van der Waals surface area contributed by atoms with E-state index in [0.29, 0.717) is 11.9 Å². The Morgan fingerprint density at radius 1 is 1.32 bits per heavy atom. The van der Waals surface area contributed by atoms with Gasteiger partial charge in [0, 0.05) is 0 Å². The minimum absolute atomic E-state index is 0.0828. The molecule has 19 heavy (non-hydrogen) atoms. The van der Waals surface area contributed by atoms with Crippen molar-refractivity contribution in [3.8, 4) is 0 Å². The third-order valence-corrected chi connectivity index (χ3v) is 3.60. The Morgan fingerprint density at radius 2 is 2.16 bits per heavy atom. The van der Waals surface area contributed by atoms with Gasteiger partial charge in [0.2, 0.25) is 5.89 Å². The third kappa shape index (κ3) is 3.78. The molecule has 2 N–H and O–H groups in total. The first-order valence-electron chi connectivity index (χ1n) is 6.56. The molecule has 2 atom stereocenters. The van der Waals surface area contributed by atoms with Crippen molar-refractivity contribution >= 4 is 17.4 Å². The van der Waals surface area contributed by atoms with Crippen LogP contribution in [0.4, 0.5) is 6.01 Å². The molecule has 6 heteroatoms. The van der Waals surface area contributed by atoms with Crippen LogP contribution in [0.1, 0.15) is 50.7 Å². The number of nitrogens with one attached hydrogen (secondary N) is 2. The van der Waals surface area contributed by atoms with E-state index < -0.39 is 0 Å². The molecule has 0 saturated heterocycles. The fourth-order valence-electron chi connectivity index (χ4n) is 1.71. The maximum Gasteiger partial charge on any atom is 0.315 e. The van der Waals surface area contributed by atoms with Gasteiger partial charge < -0.3 is 15.1 Å². The second kappa shape index (κ2) is 6.68. The molecule has 0 fully saturated rings. The largest absolute Gasteiger partial charge is 0.406 e. The topological polar surface area (TPSA) is 63.0 Å². The highest BCUT2D eigenvalue weighted by molar-refractivity contribution is 7.07. The summed E-state index contributed by atoms with van der Waals surface area (Å²) >= 11 is 1.68. The normalized spacial score (nSPS) is 14.3. The summed E-state index contributed by atoms with van der Waals surface area (Å²) in [5.41, 5.74) is 1.22. The molecule has 2 heterocycles. The minimum Gasteiger partial charge on any atom is -0.406 e. The van der Waals surface area contributed by atoms with Crippen molar-refractivity contribution in [3.05, 3.63) is 28.3 Å². The Bertz CT molecular complexity index is 483. The lowest BCUT2D eigenvalue weighted by atomic mass is 10.2. The van der Waals surface area contributed by atoms with Crippen LogP contribution < -0.4 is 10.6 Å². The number of rotatable bonds is 7. The number of hydrogen-bond acceptors (Lipinski definition) is 6. The number of hydrogen-bond donors (Lipinski definition) is 2. The second-order valence-electron chi connectivity index (χ2n) is 4.54. The lowest BCUT2D eigenvalue weighted by molar-refractivity contribution is 0.421. The average Bonchev–Trinajstić information content (AvgIpc) is 3.06. The molecule has 2 aromatic heterocycles. The van der Waals surface area contributed by atoms with Crippen LogP contribution >= 0.6 is 11.3 Å². The van der Waals surface area contributed by atoms with E-state index in [2.05, 4.69) is 51.5 Å². The first kappa shape index (κ1) is 14.0. The van der Waals surface area contributed by atoms with Crippen LogP contribution in [0.2, 0.25) is 0 Å². The predicted octanol–water partition coefficient (Wildman–Crippen LogP) is 3.36. The summed E-state index contributed by atoms with van der Waals surface area (Å²) < 4.78 is 5.62. The lowest BCUT2D eigenvalue weighted by Gasteiger charge is -2.10. The summed E-state index contributed by atoms with van der Waals surface area (Å²) in [6.07, 6.45) is 1.08. The first-order chi connectivity index (χ1) is 9.20. The van der Waals surface area contributed by atoms with Crippen molar-refractivity contribution < 1.29 is 4.42 Å². The molecule has 0 aliphatic rings. The average molecular weight is 280 g/mol. The van der Waals surface area contributed by atoms with Gasteiger partial charge in [-0.1, -0.05) is 12.0 Å². The Kier molecular flexibility index (Phi) is 4.93. The van der Waals surface area contributed by atoms with E-state index >= 15 is 0 Å². The van der Waals surface area contributed by atoms with Crippen LogP contribution in [0.3, 0.4) is 0 Å². The van der Waals surface area contributed by atoms with E-state index in [-0.39, 0.29) is 12.1 Å². The summed E-state index contributed by atoms with van der Waals surface area (Å²) in [6, 6.07) is 2.81. The van der Waals surface area contributed by atoms with Gasteiger partial charge in [-0.2, -0.15) is 11.3 Å². The summed E-state index contributed by atoms with van der Waals surface area (Å²) in [4.78, 5) is 0. The molecule has 2 rings (SSSR count). The zero-order valence-corrected chi connectivity index (χ0v) is 12.3. The highest BCUT2D eigenvalue weighted by Crippen LogP contribution is 2.21. The van der Waals surface area contributed by atoms with Gasteiger partial charge in [0.05, 0.1) is 12.1 Å². The molecule has 104 valence electrons. The molecule has 0 amide bonds. The summed E-state index contributed by atoms with van der Waals surface area (Å²) in [7, 11) is 0. The van der Waals surface area contributed by atoms with Crippen LogP contribution in [0.15, 0.2) is 21.2 Å². The van der Waals surface area contributed by atoms with Gasteiger partial charge in [0.1, 0.15) is 0 Å². The maximum absolute atomic E-state index is 5.62. The Labute approximate surface area is 117 Å². The Balaban J connectivity index is 1.93. The predicted molar refractivity (Wildman–Crippen MR) is 77.4 cm³/mol. The highest BCUT2D eigenvalue weighted by Gasteiger charge is 2.15. The number of anilines is 1. The van der Waals surface area contributed by atoms with Gasteiger partial charge in [-0.25, -0.2) is 0 Å². The molecule has 0 spiro atoms. The second-order valence-corrected chi connectivity index (χ2v) is 5.32. The highest BCUT2D eigenvalue weighted by atomic mass is 32.1. The van der Waals surface area contributed by atoms with Crippen LogP contribution in [0.5, 0.6) is 0 Å². The minimum atomic E-state index is 0.0828. The molecule has 0 saturated carbocycles. The van der Waals surface area contributed by atoms with E-state index in [0.717, 1.165) is 13.0 Å². The summed E-state index contributed by atoms with van der Waals surface area (Å²) in [5, 5.41) is 18.8. The third-order valence-electron chi connectivity index (χ3n) is 2.89. The van der Waals surface area contributed by atoms with Crippen molar-refractivity contribution in [1.82, 2.24) is 15.5 Å². The molecule has 2 aromatic rings. The number of thiophene rings is 1. The SMILES string of the molecule is CCCNC(C)c1nnc(NC(C)c2ccsc2)o1. The van der Waals surface area contributed by atoms with Crippen LogP contribution in [0.25, 0.3) is 0 Å². The quantitative estimate of drug-likeness (QED) is 0.814. The van der Waals surface area contributed by atoms with Gasteiger partial charge in [0.25, 0.3) is 0 Å².